The minimum Gasteiger partial charge on any atom is -0.497 e. The average Bonchev–Trinajstić information content (AvgIpc) is 2.78. The fraction of sp³-hybridized carbons (Fsp3) is 0.500. The molecule has 0 amide bonds. The number of carbonyl (C=O) groups is 2. The molecule has 0 radical (unpaired) electrons. The van der Waals surface area contributed by atoms with Crippen LogP contribution in [-0.4, -0.2) is 53.9 Å². The molecule has 0 N–H and O–H groups in total. The van der Waals surface area contributed by atoms with Gasteiger partial charge in [0.05, 0.1) is 7.11 Å². The first-order valence-corrected chi connectivity index (χ1v) is 11.7. The molecule has 8 heteroatoms. The first-order chi connectivity index (χ1) is 16.2. The van der Waals surface area contributed by atoms with Gasteiger partial charge in [-0.25, -0.2) is 0 Å². The molecule has 4 heterocycles. The number of pyridine rings is 1. The van der Waals surface area contributed by atoms with Crippen molar-refractivity contribution < 1.29 is 23.8 Å². The normalized spacial score (nSPS) is 25.1. The summed E-state index contributed by atoms with van der Waals surface area (Å²) >= 11 is 0. The van der Waals surface area contributed by atoms with E-state index in [4.69, 9.17) is 14.2 Å². The summed E-state index contributed by atoms with van der Waals surface area (Å²) in [5.41, 5.74) is 0.404. The Morgan fingerprint density at radius 1 is 0.971 bits per heavy atom. The Kier molecular flexibility index (Phi) is 5.51. The number of aromatic nitrogens is 1. The molecule has 0 saturated carbocycles. The first kappa shape index (κ1) is 22.7. The number of esters is 2. The number of rotatable bonds is 5. The number of carbonyl (C=O) groups excluding carboxylic acids is 2. The van der Waals surface area contributed by atoms with Crippen LogP contribution in [-0.2, 0) is 32.0 Å². The maximum Gasteiger partial charge on any atom is 0.328 e. The van der Waals surface area contributed by atoms with Crippen molar-refractivity contribution in [3.63, 3.8) is 0 Å². The highest BCUT2D eigenvalue weighted by Crippen LogP contribution is 2.40. The van der Waals surface area contributed by atoms with Crippen LogP contribution in [0.15, 0.2) is 47.3 Å². The lowest BCUT2D eigenvalue weighted by Crippen LogP contribution is -2.61. The Bertz CT molecular complexity index is 1150. The summed E-state index contributed by atoms with van der Waals surface area (Å²) in [5.74, 6) is -1.27. The lowest BCUT2D eigenvalue weighted by Gasteiger charge is -2.47. The van der Waals surface area contributed by atoms with Gasteiger partial charge in [0.15, 0.2) is 5.41 Å². The van der Waals surface area contributed by atoms with Crippen LogP contribution < -0.4 is 10.3 Å². The molecule has 2 saturated heterocycles. The van der Waals surface area contributed by atoms with Crippen molar-refractivity contribution in [3.05, 3.63) is 64.1 Å². The number of fused-ring (bicyclic) bond motifs is 4. The standard InChI is InChI=1S/C26H30N2O6/c1-25(2)33-23(30)26(24(31)34-25,12-17-7-9-20(32-3)10-8-17)16-27-13-18-11-19(15-27)21-5-4-6-22(29)28(21)14-18/h4-10,18-19H,11-16H2,1-3H3/t18-,19-/m0/s1. The van der Waals surface area contributed by atoms with Gasteiger partial charge in [0.1, 0.15) is 5.75 Å². The molecule has 180 valence electrons. The van der Waals surface area contributed by atoms with Gasteiger partial charge in [0.25, 0.3) is 11.3 Å². The quantitative estimate of drug-likeness (QED) is 0.494. The molecule has 8 nitrogen and oxygen atoms in total. The second kappa shape index (κ2) is 8.27. The van der Waals surface area contributed by atoms with Crippen LogP contribution in [0.5, 0.6) is 5.75 Å². The van der Waals surface area contributed by atoms with E-state index in [0.29, 0.717) is 25.4 Å². The average molecular weight is 467 g/mol. The largest absolute Gasteiger partial charge is 0.497 e. The molecule has 2 bridgehead atoms. The second-order valence-electron chi connectivity index (χ2n) is 10.2. The minimum atomic E-state index is -1.47. The zero-order chi connectivity index (χ0) is 24.1. The SMILES string of the molecule is COc1ccc(CC2(CN3C[C@@H]4C[C@@H](C3)c3cccc(=O)n3C4)C(=O)OC(C)(C)OC2=O)cc1. The molecule has 34 heavy (non-hydrogen) atoms. The highest BCUT2D eigenvalue weighted by molar-refractivity contribution is 6.02. The molecule has 0 aliphatic carbocycles. The van der Waals surface area contributed by atoms with Crippen LogP contribution in [0, 0.1) is 11.3 Å². The van der Waals surface area contributed by atoms with Crippen molar-refractivity contribution in [1.29, 1.82) is 0 Å². The van der Waals surface area contributed by atoms with Gasteiger partial charge >= 0.3 is 11.9 Å². The van der Waals surface area contributed by atoms with Crippen LogP contribution in [0.3, 0.4) is 0 Å². The Balaban J connectivity index is 1.45. The highest BCUT2D eigenvalue weighted by Gasteiger charge is 2.57. The summed E-state index contributed by atoms with van der Waals surface area (Å²) in [7, 11) is 1.59. The van der Waals surface area contributed by atoms with Crippen molar-refractivity contribution >= 4 is 11.9 Å². The number of nitrogens with zero attached hydrogens (tertiary/aromatic N) is 2. The van der Waals surface area contributed by atoms with Gasteiger partial charge in [-0.15, -0.1) is 0 Å². The molecular formula is C26H30N2O6. The summed E-state index contributed by atoms with van der Waals surface area (Å²) < 4.78 is 18.3. The fourth-order valence-electron chi connectivity index (χ4n) is 5.67. The third-order valence-corrected chi connectivity index (χ3v) is 7.17. The van der Waals surface area contributed by atoms with E-state index in [0.717, 1.165) is 17.7 Å². The Morgan fingerprint density at radius 2 is 1.68 bits per heavy atom. The van der Waals surface area contributed by atoms with Crippen LogP contribution in [0.4, 0.5) is 0 Å². The molecule has 2 fully saturated rings. The van der Waals surface area contributed by atoms with Gasteiger partial charge in [-0.05, 0) is 36.1 Å². The maximum absolute atomic E-state index is 13.4. The first-order valence-electron chi connectivity index (χ1n) is 11.7. The molecule has 3 aliphatic rings. The van der Waals surface area contributed by atoms with Gasteiger partial charge in [-0.3, -0.25) is 14.4 Å². The Labute approximate surface area is 198 Å². The molecular weight excluding hydrogens is 436 g/mol. The second-order valence-corrected chi connectivity index (χ2v) is 10.2. The van der Waals surface area contributed by atoms with Crippen molar-refractivity contribution in [2.24, 2.45) is 11.3 Å². The van der Waals surface area contributed by atoms with E-state index < -0.39 is 23.1 Å². The van der Waals surface area contributed by atoms with Gasteiger partial charge < -0.3 is 23.7 Å². The number of hydrogen-bond donors (Lipinski definition) is 0. The summed E-state index contributed by atoms with van der Waals surface area (Å²) in [4.78, 5) is 41.4. The number of benzene rings is 1. The van der Waals surface area contributed by atoms with E-state index in [2.05, 4.69) is 4.90 Å². The number of hydrogen-bond acceptors (Lipinski definition) is 7. The Morgan fingerprint density at radius 3 is 2.35 bits per heavy atom. The zero-order valence-electron chi connectivity index (χ0n) is 19.8. The minimum absolute atomic E-state index is 0.0262. The number of piperidine rings is 1. The summed E-state index contributed by atoms with van der Waals surface area (Å²) in [6.45, 7) is 5.35. The predicted molar refractivity (Wildman–Crippen MR) is 123 cm³/mol. The van der Waals surface area contributed by atoms with Crippen molar-refractivity contribution in [2.45, 2.75) is 44.9 Å². The Hall–Kier alpha value is -3.13. The van der Waals surface area contributed by atoms with E-state index in [1.807, 2.05) is 34.9 Å². The van der Waals surface area contributed by atoms with Gasteiger partial charge in [0.2, 0.25) is 0 Å². The predicted octanol–water partition coefficient (Wildman–Crippen LogP) is 2.34. The van der Waals surface area contributed by atoms with E-state index in [-0.39, 0.29) is 30.4 Å². The van der Waals surface area contributed by atoms with Crippen molar-refractivity contribution in [1.82, 2.24) is 9.47 Å². The number of ether oxygens (including phenoxy) is 3. The topological polar surface area (TPSA) is 87.1 Å². The summed E-state index contributed by atoms with van der Waals surface area (Å²) in [6.07, 6.45) is 1.17. The number of cyclic esters (lactones) is 2. The molecule has 0 spiro atoms. The fourth-order valence-corrected chi connectivity index (χ4v) is 5.67. The highest BCUT2D eigenvalue weighted by atomic mass is 16.7. The van der Waals surface area contributed by atoms with Gasteiger partial charge in [0, 0.05) is 64.1 Å². The molecule has 5 rings (SSSR count). The molecule has 0 unspecified atom stereocenters. The number of likely N-dealkylation sites (tertiary alicyclic amines) is 1. The molecule has 2 atom stereocenters. The summed E-state index contributed by atoms with van der Waals surface area (Å²) in [5, 5.41) is 0. The van der Waals surface area contributed by atoms with Crippen LogP contribution in [0.25, 0.3) is 0 Å². The van der Waals surface area contributed by atoms with Crippen LogP contribution >= 0.6 is 0 Å². The molecule has 1 aromatic carbocycles. The van der Waals surface area contributed by atoms with Crippen LogP contribution in [0.1, 0.15) is 37.4 Å². The summed E-state index contributed by atoms with van der Waals surface area (Å²) in [6, 6.07) is 12.7. The maximum atomic E-state index is 13.4. The van der Waals surface area contributed by atoms with Gasteiger partial charge in [-0.1, -0.05) is 18.2 Å². The van der Waals surface area contributed by atoms with E-state index >= 15 is 0 Å². The third-order valence-electron chi connectivity index (χ3n) is 7.17. The van der Waals surface area contributed by atoms with Crippen LogP contribution in [0.2, 0.25) is 0 Å². The third kappa shape index (κ3) is 4.00. The zero-order valence-corrected chi connectivity index (χ0v) is 19.8. The van der Waals surface area contributed by atoms with Crippen molar-refractivity contribution in [3.8, 4) is 5.75 Å². The smallest absolute Gasteiger partial charge is 0.328 e. The lowest BCUT2D eigenvalue weighted by atomic mass is 9.77. The van der Waals surface area contributed by atoms with Crippen molar-refractivity contribution in [2.75, 3.05) is 26.7 Å². The molecule has 1 aromatic heterocycles. The number of methoxy groups -OCH3 is 1. The van der Waals surface area contributed by atoms with E-state index in [1.54, 1.807) is 33.1 Å². The van der Waals surface area contributed by atoms with E-state index in [9.17, 15) is 14.4 Å². The molecule has 2 aromatic rings. The lowest BCUT2D eigenvalue weighted by molar-refractivity contribution is -0.252. The monoisotopic (exact) mass is 466 g/mol. The molecule has 3 aliphatic heterocycles. The van der Waals surface area contributed by atoms with E-state index in [1.165, 1.54) is 0 Å². The van der Waals surface area contributed by atoms with Gasteiger partial charge in [-0.2, -0.15) is 0 Å².